The van der Waals surface area contributed by atoms with E-state index in [1.54, 1.807) is 30.3 Å². The summed E-state index contributed by atoms with van der Waals surface area (Å²) in [7, 11) is -3.84. The number of primary sulfonamides is 1. The van der Waals surface area contributed by atoms with Gasteiger partial charge >= 0.3 is 0 Å². The summed E-state index contributed by atoms with van der Waals surface area (Å²) in [5, 5.41) is 5.15. The number of nitrogens with two attached hydrogens (primary N) is 1. The maximum atomic E-state index is 13.5. The second-order valence-corrected chi connectivity index (χ2v) is 10.1. The van der Waals surface area contributed by atoms with Crippen molar-refractivity contribution in [3.05, 3.63) is 95.3 Å². The van der Waals surface area contributed by atoms with Gasteiger partial charge in [0.15, 0.2) is 0 Å². The molecule has 4 rings (SSSR count). The maximum absolute atomic E-state index is 13.5. The third-order valence-electron chi connectivity index (χ3n) is 6.00. The van der Waals surface area contributed by atoms with Gasteiger partial charge in [-0.2, -0.15) is 0 Å². The second kappa shape index (κ2) is 10.00. The van der Waals surface area contributed by atoms with E-state index in [0.717, 1.165) is 28.2 Å². The minimum Gasteiger partial charge on any atom is -0.326 e. The number of carbonyl (C=O) groups is 3. The molecule has 0 spiro atoms. The van der Waals surface area contributed by atoms with Crippen LogP contribution in [0.1, 0.15) is 27.9 Å². The molecule has 2 N–H and O–H groups in total. The zero-order valence-corrected chi connectivity index (χ0v) is 20.2. The third-order valence-corrected chi connectivity index (χ3v) is 6.93. The first-order chi connectivity index (χ1) is 17.0. The highest BCUT2D eigenvalue weighted by Gasteiger charge is 2.44. The molecular formula is C26H24FN3O5S. The van der Waals surface area contributed by atoms with Crippen LogP contribution in [0.5, 0.6) is 0 Å². The Kier molecular flexibility index (Phi) is 7.00. The summed E-state index contributed by atoms with van der Waals surface area (Å²) in [6.45, 7) is 1.94. The predicted octanol–water partition coefficient (Wildman–Crippen LogP) is 2.80. The standard InChI is InChI=1S/C26H24FN3O5S/c1-17-3-2-4-19(15-17)25(32)29(14-13-18-5-11-22(12-6-18)36(28,34)35)23-16-24(31)30(26(23)33)21-9-7-20(27)8-10-21/h2-12,15,23H,13-14,16H2,1H3,(H2,28,34,35). The summed E-state index contributed by atoms with van der Waals surface area (Å²) in [6, 6.07) is 16.8. The molecule has 186 valence electrons. The van der Waals surface area contributed by atoms with Crippen LogP contribution in [0.25, 0.3) is 0 Å². The van der Waals surface area contributed by atoms with Crippen molar-refractivity contribution < 1.29 is 27.2 Å². The summed E-state index contributed by atoms with van der Waals surface area (Å²) < 4.78 is 36.4. The summed E-state index contributed by atoms with van der Waals surface area (Å²) in [6.07, 6.45) is 0.0924. The van der Waals surface area contributed by atoms with Crippen molar-refractivity contribution in [2.24, 2.45) is 5.14 Å². The molecule has 1 aliphatic rings. The molecule has 36 heavy (non-hydrogen) atoms. The van der Waals surface area contributed by atoms with E-state index >= 15 is 0 Å². The molecule has 8 nitrogen and oxygen atoms in total. The van der Waals surface area contributed by atoms with Crippen LogP contribution >= 0.6 is 0 Å². The Balaban J connectivity index is 1.62. The van der Waals surface area contributed by atoms with Gasteiger partial charge in [0.25, 0.3) is 11.8 Å². The summed E-state index contributed by atoms with van der Waals surface area (Å²) >= 11 is 0. The predicted molar refractivity (Wildman–Crippen MR) is 131 cm³/mol. The van der Waals surface area contributed by atoms with Gasteiger partial charge in [0.1, 0.15) is 11.9 Å². The van der Waals surface area contributed by atoms with Crippen LogP contribution in [-0.4, -0.2) is 43.6 Å². The van der Waals surface area contributed by atoms with Crippen LogP contribution in [-0.2, 0) is 26.0 Å². The topological polar surface area (TPSA) is 118 Å². The molecule has 0 radical (unpaired) electrons. The van der Waals surface area contributed by atoms with Crippen LogP contribution < -0.4 is 10.0 Å². The van der Waals surface area contributed by atoms with Crippen molar-refractivity contribution in [3.63, 3.8) is 0 Å². The molecule has 3 aromatic carbocycles. The Morgan fingerprint density at radius 2 is 1.72 bits per heavy atom. The Labute approximate surface area is 208 Å². The molecule has 1 fully saturated rings. The van der Waals surface area contributed by atoms with Crippen LogP contribution in [0.3, 0.4) is 0 Å². The zero-order chi connectivity index (χ0) is 26.0. The number of benzene rings is 3. The van der Waals surface area contributed by atoms with Gasteiger partial charge in [0.2, 0.25) is 15.9 Å². The van der Waals surface area contributed by atoms with Gasteiger partial charge in [0, 0.05) is 12.1 Å². The number of hydrogen-bond donors (Lipinski definition) is 1. The van der Waals surface area contributed by atoms with E-state index in [1.165, 1.54) is 29.2 Å². The first-order valence-electron chi connectivity index (χ1n) is 11.2. The number of halogens is 1. The first-order valence-corrected chi connectivity index (χ1v) is 12.7. The van der Waals surface area contributed by atoms with E-state index in [9.17, 15) is 27.2 Å². The van der Waals surface area contributed by atoms with E-state index < -0.39 is 39.6 Å². The van der Waals surface area contributed by atoms with Crippen LogP contribution in [0.4, 0.5) is 10.1 Å². The smallest absolute Gasteiger partial charge is 0.257 e. The van der Waals surface area contributed by atoms with Crippen LogP contribution in [0, 0.1) is 12.7 Å². The molecule has 3 amide bonds. The number of carbonyl (C=O) groups excluding carboxylic acids is 3. The molecule has 1 atom stereocenters. The fourth-order valence-electron chi connectivity index (χ4n) is 4.16. The van der Waals surface area contributed by atoms with E-state index in [0.29, 0.717) is 12.0 Å². The Morgan fingerprint density at radius 3 is 2.33 bits per heavy atom. The molecule has 0 aliphatic carbocycles. The fourth-order valence-corrected chi connectivity index (χ4v) is 4.67. The Morgan fingerprint density at radius 1 is 1.06 bits per heavy atom. The summed E-state index contributed by atoms with van der Waals surface area (Å²) in [5.74, 6) is -1.97. The summed E-state index contributed by atoms with van der Waals surface area (Å²) in [5.41, 5.74) is 2.19. The van der Waals surface area contributed by atoms with Crippen molar-refractivity contribution in [3.8, 4) is 0 Å². The number of aryl methyl sites for hydroxylation is 1. The first kappa shape index (κ1) is 25.2. The molecule has 1 aliphatic heterocycles. The highest BCUT2D eigenvalue weighted by Crippen LogP contribution is 2.27. The molecule has 1 unspecified atom stereocenters. The number of amides is 3. The van der Waals surface area contributed by atoms with E-state index in [-0.39, 0.29) is 23.5 Å². The minimum absolute atomic E-state index is 0.0366. The molecule has 1 heterocycles. The zero-order valence-electron chi connectivity index (χ0n) is 19.4. The number of anilines is 1. The largest absolute Gasteiger partial charge is 0.326 e. The average molecular weight is 510 g/mol. The van der Waals surface area contributed by atoms with Crippen molar-refractivity contribution in [1.29, 1.82) is 0 Å². The highest BCUT2D eigenvalue weighted by atomic mass is 32.2. The van der Waals surface area contributed by atoms with Crippen molar-refractivity contribution >= 4 is 33.4 Å². The van der Waals surface area contributed by atoms with Gasteiger partial charge in [-0.3, -0.25) is 14.4 Å². The molecule has 0 saturated carbocycles. The second-order valence-electron chi connectivity index (χ2n) is 8.57. The maximum Gasteiger partial charge on any atom is 0.257 e. The van der Waals surface area contributed by atoms with E-state index in [4.69, 9.17) is 5.14 Å². The molecule has 10 heteroatoms. The van der Waals surface area contributed by atoms with Gasteiger partial charge in [-0.05, 0) is 67.4 Å². The average Bonchev–Trinajstić information content (AvgIpc) is 3.13. The highest BCUT2D eigenvalue weighted by molar-refractivity contribution is 7.89. The lowest BCUT2D eigenvalue weighted by Crippen LogP contribution is -2.46. The van der Waals surface area contributed by atoms with Crippen LogP contribution in [0.15, 0.2) is 77.7 Å². The van der Waals surface area contributed by atoms with Gasteiger partial charge in [-0.1, -0.05) is 29.8 Å². The number of rotatable bonds is 7. The van der Waals surface area contributed by atoms with Crippen molar-refractivity contribution in [1.82, 2.24) is 4.90 Å². The third kappa shape index (κ3) is 5.34. The van der Waals surface area contributed by atoms with Crippen molar-refractivity contribution in [2.75, 3.05) is 11.4 Å². The Hall–Kier alpha value is -3.89. The van der Waals surface area contributed by atoms with Crippen LogP contribution in [0.2, 0.25) is 0 Å². The van der Waals surface area contributed by atoms with Gasteiger partial charge in [0.05, 0.1) is 17.0 Å². The van der Waals surface area contributed by atoms with Gasteiger partial charge in [-0.25, -0.2) is 22.8 Å². The van der Waals surface area contributed by atoms with Crippen molar-refractivity contribution in [2.45, 2.75) is 30.7 Å². The molecule has 0 aromatic heterocycles. The monoisotopic (exact) mass is 509 g/mol. The number of imide groups is 1. The lowest BCUT2D eigenvalue weighted by molar-refractivity contribution is -0.122. The molecule has 3 aromatic rings. The van der Waals surface area contributed by atoms with E-state index in [1.807, 2.05) is 13.0 Å². The fraction of sp³-hybridized carbons (Fsp3) is 0.192. The Bertz CT molecular complexity index is 1420. The summed E-state index contributed by atoms with van der Waals surface area (Å²) in [4.78, 5) is 42.0. The van der Waals surface area contributed by atoms with Gasteiger partial charge < -0.3 is 4.90 Å². The normalized spacial score (nSPS) is 15.9. The lowest BCUT2D eigenvalue weighted by atomic mass is 10.1. The number of sulfonamides is 1. The van der Waals surface area contributed by atoms with E-state index in [2.05, 4.69) is 0 Å². The quantitative estimate of drug-likeness (QED) is 0.492. The SMILES string of the molecule is Cc1cccc(C(=O)N(CCc2ccc(S(N)(=O)=O)cc2)C2CC(=O)N(c3ccc(F)cc3)C2=O)c1. The number of hydrogen-bond acceptors (Lipinski definition) is 5. The molecular weight excluding hydrogens is 485 g/mol. The lowest BCUT2D eigenvalue weighted by Gasteiger charge is -2.28. The molecule has 0 bridgehead atoms. The molecule has 1 saturated heterocycles. The minimum atomic E-state index is -3.84. The van der Waals surface area contributed by atoms with Gasteiger partial charge in [-0.15, -0.1) is 0 Å². The number of nitrogens with zero attached hydrogens (tertiary/aromatic N) is 2.